The lowest BCUT2D eigenvalue weighted by Gasteiger charge is -2.09. The molecule has 0 saturated heterocycles. The number of pyridine rings is 1. The maximum Gasteiger partial charge on any atom is 0.350 e. The number of benzene rings is 3. The van der Waals surface area contributed by atoms with E-state index < -0.39 is 10.0 Å². The number of halogens is 1. The van der Waals surface area contributed by atoms with Crippen molar-refractivity contribution in [1.82, 2.24) is 19.3 Å². The van der Waals surface area contributed by atoms with Gasteiger partial charge in [0, 0.05) is 23.0 Å². The zero-order valence-corrected chi connectivity index (χ0v) is 26.3. The molecule has 0 aliphatic carbocycles. The average molecular weight is 694 g/mol. The molecule has 5 rings (SSSR count). The first-order valence-corrected chi connectivity index (χ1v) is 16.9. The number of hydrogen-bond donors (Lipinski definition) is 1. The molecule has 0 radical (unpaired) electrons. The van der Waals surface area contributed by atoms with Gasteiger partial charge in [-0.25, -0.2) is 18.2 Å². The number of anilines is 1. The summed E-state index contributed by atoms with van der Waals surface area (Å²) in [7, 11) is -3.72. The third kappa shape index (κ3) is 6.99. The Morgan fingerprint density at radius 3 is 2.24 bits per heavy atom. The number of hydrogen-bond acceptors (Lipinski definition) is 5. The summed E-state index contributed by atoms with van der Waals surface area (Å²) in [5.74, 6) is 1.06. The first kappa shape index (κ1) is 29.7. The van der Waals surface area contributed by atoms with Crippen LogP contribution in [0.3, 0.4) is 0 Å². The van der Waals surface area contributed by atoms with Crippen LogP contribution in [-0.4, -0.2) is 27.7 Å². The summed E-state index contributed by atoms with van der Waals surface area (Å²) in [6.07, 6.45) is 3.24. The Labute approximate surface area is 259 Å². The van der Waals surface area contributed by atoms with Crippen LogP contribution in [0.5, 0.6) is 0 Å². The summed E-state index contributed by atoms with van der Waals surface area (Å²) in [5.41, 5.74) is 4.63. The molecule has 0 spiro atoms. The summed E-state index contributed by atoms with van der Waals surface area (Å²) >= 11 is 2.32. The molecular formula is C32H32IN5O3S. The number of aryl methyl sites for hydroxylation is 2. The van der Waals surface area contributed by atoms with Crippen LogP contribution in [-0.2, 0) is 33.8 Å². The Kier molecular flexibility index (Phi) is 9.53. The molecule has 0 fully saturated rings. The molecule has 0 aliphatic heterocycles. The number of alkyl halides is 1. The minimum absolute atomic E-state index is 0.0979. The minimum atomic E-state index is -3.72. The van der Waals surface area contributed by atoms with Crippen LogP contribution in [0.1, 0.15) is 36.7 Å². The molecule has 0 aliphatic rings. The van der Waals surface area contributed by atoms with Gasteiger partial charge in [-0.2, -0.15) is 4.68 Å². The highest BCUT2D eigenvalue weighted by Gasteiger charge is 2.16. The second kappa shape index (κ2) is 13.5. The van der Waals surface area contributed by atoms with Crippen molar-refractivity contribution in [2.45, 2.75) is 48.5 Å². The third-order valence-electron chi connectivity index (χ3n) is 6.88. The molecule has 8 nitrogen and oxygen atoms in total. The molecule has 10 heteroatoms. The van der Waals surface area contributed by atoms with Crippen LogP contribution < -0.4 is 10.4 Å². The Balaban J connectivity index is 1.24. The summed E-state index contributed by atoms with van der Waals surface area (Å²) in [4.78, 5) is 17.8. The molecule has 216 valence electrons. The normalized spacial score (nSPS) is 11.5. The Morgan fingerprint density at radius 2 is 1.55 bits per heavy atom. The second-order valence-corrected chi connectivity index (χ2v) is 12.4. The lowest BCUT2D eigenvalue weighted by atomic mass is 10.0. The van der Waals surface area contributed by atoms with Gasteiger partial charge >= 0.3 is 5.69 Å². The third-order valence-corrected chi connectivity index (χ3v) is 9.13. The van der Waals surface area contributed by atoms with Gasteiger partial charge in [-0.1, -0.05) is 90.2 Å². The monoisotopic (exact) mass is 693 g/mol. The number of nitrogens with one attached hydrogen (secondary N) is 1. The predicted octanol–water partition coefficient (Wildman–Crippen LogP) is 6.42. The van der Waals surface area contributed by atoms with Crippen LogP contribution in [0.4, 0.5) is 5.82 Å². The van der Waals surface area contributed by atoms with E-state index in [0.29, 0.717) is 18.7 Å². The molecule has 0 unspecified atom stereocenters. The summed E-state index contributed by atoms with van der Waals surface area (Å²) in [6, 6.07) is 29.6. The first-order chi connectivity index (χ1) is 20.4. The molecule has 0 bridgehead atoms. The van der Waals surface area contributed by atoms with E-state index in [0.717, 1.165) is 46.3 Å². The van der Waals surface area contributed by atoms with Crippen LogP contribution in [0, 0.1) is 0 Å². The lowest BCUT2D eigenvalue weighted by Crippen LogP contribution is -2.24. The van der Waals surface area contributed by atoms with Gasteiger partial charge in [0.15, 0.2) is 0 Å². The van der Waals surface area contributed by atoms with Crippen molar-refractivity contribution in [3.8, 4) is 16.9 Å². The van der Waals surface area contributed by atoms with Gasteiger partial charge in [-0.3, -0.25) is 9.29 Å². The highest BCUT2D eigenvalue weighted by atomic mass is 127. The van der Waals surface area contributed by atoms with Crippen molar-refractivity contribution in [2.24, 2.45) is 0 Å². The smallest absolute Gasteiger partial charge is 0.279 e. The standard InChI is InChI=1S/C32H32IN5O3S/c1-2-22-37-31(35-38(32(37)39)27-20-16-25(23-33)17-21-27)13-6-8-24-14-18-26(19-15-24)29-11-7-12-30(34-29)36-42(40,41)28-9-4-3-5-10-28/h3-5,7,9-12,14-21H,2,6,8,13,22-23H2,1H3,(H,34,36). The number of nitrogens with zero attached hydrogens (tertiary/aromatic N) is 4. The van der Waals surface area contributed by atoms with E-state index in [2.05, 4.69) is 51.4 Å². The molecule has 1 N–H and O–H groups in total. The van der Waals surface area contributed by atoms with Crippen molar-refractivity contribution in [3.05, 3.63) is 124 Å². The van der Waals surface area contributed by atoms with E-state index in [1.54, 1.807) is 47.0 Å². The van der Waals surface area contributed by atoms with E-state index in [-0.39, 0.29) is 16.4 Å². The number of rotatable bonds is 12. The number of aromatic nitrogens is 4. The Hall–Kier alpha value is -3.77. The molecule has 42 heavy (non-hydrogen) atoms. The molecule has 2 aromatic heterocycles. The van der Waals surface area contributed by atoms with Crippen molar-refractivity contribution in [1.29, 1.82) is 0 Å². The summed E-state index contributed by atoms with van der Waals surface area (Å²) in [6.45, 7) is 2.70. The maximum absolute atomic E-state index is 13.1. The molecule has 0 atom stereocenters. The fraction of sp³-hybridized carbons (Fsp3) is 0.219. The average Bonchev–Trinajstić information content (AvgIpc) is 3.32. The van der Waals surface area contributed by atoms with E-state index in [4.69, 9.17) is 5.10 Å². The fourth-order valence-electron chi connectivity index (χ4n) is 4.71. The second-order valence-electron chi connectivity index (χ2n) is 9.94. The SMILES string of the molecule is CCCn1c(CCCc2ccc(-c3cccc(NS(=O)(=O)c4ccccc4)n3)cc2)nn(-c2ccc(CI)cc2)c1=O. The predicted molar refractivity (Wildman–Crippen MR) is 175 cm³/mol. The van der Waals surface area contributed by atoms with Gasteiger partial charge in [-0.05, 0) is 66.8 Å². The molecule has 0 amide bonds. The van der Waals surface area contributed by atoms with Crippen LogP contribution in [0.25, 0.3) is 16.9 Å². The topological polar surface area (TPSA) is 98.9 Å². The Morgan fingerprint density at radius 1 is 0.833 bits per heavy atom. The van der Waals surface area contributed by atoms with Crippen molar-refractivity contribution in [3.63, 3.8) is 0 Å². The highest BCUT2D eigenvalue weighted by Crippen LogP contribution is 2.22. The molecule has 0 saturated carbocycles. The quantitative estimate of drug-likeness (QED) is 0.120. The zero-order valence-electron chi connectivity index (χ0n) is 23.3. The molecule has 2 heterocycles. The highest BCUT2D eigenvalue weighted by molar-refractivity contribution is 14.1. The molecule has 3 aromatic carbocycles. The van der Waals surface area contributed by atoms with Crippen molar-refractivity contribution >= 4 is 38.4 Å². The molecule has 5 aromatic rings. The minimum Gasteiger partial charge on any atom is -0.279 e. The van der Waals surface area contributed by atoms with E-state index in [1.165, 1.54) is 10.2 Å². The van der Waals surface area contributed by atoms with E-state index in [9.17, 15) is 13.2 Å². The van der Waals surface area contributed by atoms with Gasteiger partial charge in [0.2, 0.25) is 0 Å². The van der Waals surface area contributed by atoms with Crippen LogP contribution in [0.15, 0.2) is 107 Å². The van der Waals surface area contributed by atoms with Gasteiger partial charge < -0.3 is 0 Å². The number of sulfonamides is 1. The summed E-state index contributed by atoms with van der Waals surface area (Å²) in [5, 5.41) is 4.70. The van der Waals surface area contributed by atoms with Gasteiger partial charge in [0.1, 0.15) is 11.6 Å². The van der Waals surface area contributed by atoms with E-state index in [1.807, 2.05) is 42.5 Å². The summed E-state index contributed by atoms with van der Waals surface area (Å²) < 4.78 is 32.2. The lowest BCUT2D eigenvalue weighted by molar-refractivity contribution is 0.601. The molecular weight excluding hydrogens is 661 g/mol. The largest absolute Gasteiger partial charge is 0.350 e. The van der Waals surface area contributed by atoms with Crippen molar-refractivity contribution < 1.29 is 8.42 Å². The van der Waals surface area contributed by atoms with Crippen LogP contribution in [0.2, 0.25) is 0 Å². The van der Waals surface area contributed by atoms with Crippen LogP contribution >= 0.6 is 22.6 Å². The fourth-order valence-corrected chi connectivity index (χ4v) is 6.24. The van der Waals surface area contributed by atoms with Gasteiger partial charge in [0.05, 0.1) is 16.3 Å². The van der Waals surface area contributed by atoms with Crippen molar-refractivity contribution in [2.75, 3.05) is 4.72 Å². The maximum atomic E-state index is 13.1. The Bertz CT molecular complexity index is 1800. The van der Waals surface area contributed by atoms with Gasteiger partial charge in [0.25, 0.3) is 10.0 Å². The van der Waals surface area contributed by atoms with E-state index >= 15 is 0 Å². The first-order valence-electron chi connectivity index (χ1n) is 13.9. The van der Waals surface area contributed by atoms with Gasteiger partial charge in [-0.15, -0.1) is 5.10 Å². The zero-order chi connectivity index (χ0) is 29.5.